The molecule has 0 aliphatic rings. The fourth-order valence-electron chi connectivity index (χ4n) is 3.37. The number of carbonyl (C=O) groups is 1. The van der Waals surface area contributed by atoms with Gasteiger partial charge in [0.05, 0.1) is 26.2 Å². The van der Waals surface area contributed by atoms with Crippen molar-refractivity contribution < 1.29 is 22.7 Å². The van der Waals surface area contributed by atoms with E-state index in [0.29, 0.717) is 17.9 Å². The lowest BCUT2D eigenvalue weighted by Gasteiger charge is -2.25. The van der Waals surface area contributed by atoms with Gasteiger partial charge in [0.1, 0.15) is 18.0 Å². The number of ether oxygens (including phenoxy) is 2. The average Bonchev–Trinajstić information content (AvgIpc) is 2.75. The highest BCUT2D eigenvalue weighted by Crippen LogP contribution is 2.33. The Balaban J connectivity index is 2.17. The lowest BCUT2D eigenvalue weighted by molar-refractivity contribution is -0.119. The monoisotopic (exact) mass is 461 g/mol. The Labute approximate surface area is 190 Å². The number of benzene rings is 2. The topological polar surface area (TPSA) is 97.3 Å². The molecule has 0 saturated carbocycles. The second-order valence-corrected chi connectivity index (χ2v) is 10.0. The van der Waals surface area contributed by atoms with E-state index in [0.717, 1.165) is 21.8 Å². The summed E-state index contributed by atoms with van der Waals surface area (Å²) in [6.45, 7) is 5.57. The molecule has 0 bridgehead atoms. The molecule has 2 aromatic rings. The number of amides is 1. The molecule has 0 aromatic heterocycles. The molecule has 2 rings (SSSR count). The summed E-state index contributed by atoms with van der Waals surface area (Å²) in [7, 11) is -0.891. The molecule has 0 radical (unpaired) electrons. The molecule has 174 valence electrons. The SMILES string of the molecule is COc1ccc(OC)c(N(CC(=O)N/N=C(/C)CC(C)(C)c2ccccc2)S(C)(=O)=O)c1. The van der Waals surface area contributed by atoms with Crippen LogP contribution in [0.15, 0.2) is 53.6 Å². The van der Waals surface area contributed by atoms with E-state index in [1.54, 1.807) is 12.1 Å². The summed E-state index contributed by atoms with van der Waals surface area (Å²) in [5.41, 5.74) is 4.38. The third kappa shape index (κ3) is 6.71. The van der Waals surface area contributed by atoms with Crippen LogP contribution in [0.1, 0.15) is 32.8 Å². The van der Waals surface area contributed by atoms with Gasteiger partial charge in [0.15, 0.2) is 0 Å². The van der Waals surface area contributed by atoms with Gasteiger partial charge in [-0.1, -0.05) is 44.2 Å². The van der Waals surface area contributed by atoms with Crippen molar-refractivity contribution in [3.05, 3.63) is 54.1 Å². The van der Waals surface area contributed by atoms with Gasteiger partial charge in [-0.3, -0.25) is 9.10 Å². The molecule has 0 saturated heterocycles. The van der Waals surface area contributed by atoms with Crippen molar-refractivity contribution in [2.24, 2.45) is 5.10 Å². The first-order valence-electron chi connectivity index (χ1n) is 10.0. The summed E-state index contributed by atoms with van der Waals surface area (Å²) in [6.07, 6.45) is 1.65. The van der Waals surface area contributed by atoms with Crippen LogP contribution in [-0.2, 0) is 20.2 Å². The fraction of sp³-hybridized carbons (Fsp3) is 0.391. The molecule has 1 N–H and O–H groups in total. The van der Waals surface area contributed by atoms with Gasteiger partial charge in [0.25, 0.3) is 5.91 Å². The third-order valence-electron chi connectivity index (χ3n) is 4.97. The van der Waals surface area contributed by atoms with Gasteiger partial charge in [-0.05, 0) is 36.5 Å². The maximum atomic E-state index is 12.6. The highest BCUT2D eigenvalue weighted by molar-refractivity contribution is 7.92. The highest BCUT2D eigenvalue weighted by Gasteiger charge is 2.25. The van der Waals surface area contributed by atoms with E-state index in [1.807, 2.05) is 25.1 Å². The Bertz CT molecular complexity index is 1070. The number of anilines is 1. The largest absolute Gasteiger partial charge is 0.497 e. The molecule has 0 unspecified atom stereocenters. The maximum Gasteiger partial charge on any atom is 0.260 e. The molecule has 0 heterocycles. The number of sulfonamides is 1. The summed E-state index contributed by atoms with van der Waals surface area (Å²) in [5, 5.41) is 4.18. The van der Waals surface area contributed by atoms with Crippen molar-refractivity contribution >= 4 is 27.3 Å². The van der Waals surface area contributed by atoms with Crippen LogP contribution in [0, 0.1) is 0 Å². The van der Waals surface area contributed by atoms with E-state index in [4.69, 9.17) is 9.47 Å². The number of carbonyl (C=O) groups excluding carboxylic acids is 1. The van der Waals surface area contributed by atoms with Crippen LogP contribution in [0.2, 0.25) is 0 Å². The number of hydrazone groups is 1. The van der Waals surface area contributed by atoms with Crippen LogP contribution in [-0.4, -0.2) is 47.1 Å². The number of nitrogens with zero attached hydrogens (tertiary/aromatic N) is 2. The summed E-state index contributed by atoms with van der Waals surface area (Å²) >= 11 is 0. The molecular formula is C23H31N3O5S. The number of hydrogen-bond acceptors (Lipinski definition) is 6. The zero-order chi connectivity index (χ0) is 23.9. The summed E-state index contributed by atoms with van der Waals surface area (Å²) in [4.78, 5) is 12.6. The van der Waals surface area contributed by atoms with Crippen molar-refractivity contribution in [2.75, 3.05) is 31.3 Å². The third-order valence-corrected chi connectivity index (χ3v) is 6.09. The number of rotatable bonds is 10. The van der Waals surface area contributed by atoms with Crippen molar-refractivity contribution in [1.29, 1.82) is 0 Å². The zero-order valence-corrected chi connectivity index (χ0v) is 20.2. The summed E-state index contributed by atoms with van der Waals surface area (Å²) in [6, 6.07) is 14.8. The average molecular weight is 462 g/mol. The van der Waals surface area contributed by atoms with E-state index in [2.05, 4.69) is 36.5 Å². The maximum absolute atomic E-state index is 12.6. The molecule has 0 aliphatic carbocycles. The Hall–Kier alpha value is -3.07. The van der Waals surface area contributed by atoms with Gasteiger partial charge in [-0.15, -0.1) is 0 Å². The van der Waals surface area contributed by atoms with E-state index in [-0.39, 0.29) is 11.1 Å². The molecule has 8 nitrogen and oxygen atoms in total. The Kier molecular flexibility index (Phi) is 8.26. The van der Waals surface area contributed by atoms with Crippen LogP contribution >= 0.6 is 0 Å². The molecule has 9 heteroatoms. The summed E-state index contributed by atoms with van der Waals surface area (Å²) in [5.74, 6) is 0.164. The van der Waals surface area contributed by atoms with Gasteiger partial charge in [0.2, 0.25) is 10.0 Å². The normalized spacial score (nSPS) is 12.2. The van der Waals surface area contributed by atoms with Crippen LogP contribution in [0.3, 0.4) is 0 Å². The lowest BCUT2D eigenvalue weighted by Crippen LogP contribution is -2.39. The Morgan fingerprint density at radius 2 is 1.75 bits per heavy atom. The Morgan fingerprint density at radius 1 is 1.09 bits per heavy atom. The minimum absolute atomic E-state index is 0.174. The van der Waals surface area contributed by atoms with Gasteiger partial charge < -0.3 is 9.47 Å². The number of hydrogen-bond donors (Lipinski definition) is 1. The number of methoxy groups -OCH3 is 2. The molecule has 1 amide bonds. The fourth-order valence-corrected chi connectivity index (χ4v) is 4.22. The molecule has 0 fully saturated rings. The minimum atomic E-state index is -3.79. The van der Waals surface area contributed by atoms with Crippen molar-refractivity contribution in [1.82, 2.24) is 5.43 Å². The molecule has 0 aliphatic heterocycles. The second kappa shape index (κ2) is 10.5. The summed E-state index contributed by atoms with van der Waals surface area (Å²) < 4.78 is 36.3. The molecule has 0 atom stereocenters. The second-order valence-electron chi connectivity index (χ2n) is 8.12. The van der Waals surface area contributed by atoms with Gasteiger partial charge in [-0.2, -0.15) is 5.10 Å². The molecule has 32 heavy (non-hydrogen) atoms. The van der Waals surface area contributed by atoms with Crippen molar-refractivity contribution in [3.63, 3.8) is 0 Å². The van der Waals surface area contributed by atoms with Crippen LogP contribution in [0.4, 0.5) is 5.69 Å². The van der Waals surface area contributed by atoms with Crippen LogP contribution < -0.4 is 19.2 Å². The van der Waals surface area contributed by atoms with Gasteiger partial charge >= 0.3 is 0 Å². The first-order valence-corrected chi connectivity index (χ1v) is 11.9. The lowest BCUT2D eigenvalue weighted by atomic mass is 9.80. The predicted octanol–water partition coefficient (Wildman–Crippen LogP) is 3.33. The quantitative estimate of drug-likeness (QED) is 0.432. The number of nitrogens with one attached hydrogen (secondary N) is 1. The van der Waals surface area contributed by atoms with Crippen LogP contribution in [0.25, 0.3) is 0 Å². The molecule has 2 aromatic carbocycles. The first-order chi connectivity index (χ1) is 15.0. The molecular weight excluding hydrogens is 430 g/mol. The molecule has 0 spiro atoms. The van der Waals surface area contributed by atoms with E-state index in [9.17, 15) is 13.2 Å². The zero-order valence-electron chi connectivity index (χ0n) is 19.4. The van der Waals surface area contributed by atoms with E-state index >= 15 is 0 Å². The van der Waals surface area contributed by atoms with Crippen molar-refractivity contribution in [3.8, 4) is 11.5 Å². The standard InChI is InChI=1S/C23H31N3O5S/c1-17(15-23(2,3)18-10-8-7-9-11-18)24-25-22(27)16-26(32(6,28)29)20-14-19(30-4)12-13-21(20)31-5/h7-14H,15-16H2,1-6H3,(H,25,27)/b24-17-. The Morgan fingerprint density at radius 3 is 2.31 bits per heavy atom. The van der Waals surface area contributed by atoms with Gasteiger partial charge in [0, 0.05) is 11.8 Å². The van der Waals surface area contributed by atoms with Gasteiger partial charge in [-0.25, -0.2) is 13.8 Å². The first kappa shape index (κ1) is 25.2. The van der Waals surface area contributed by atoms with Crippen LogP contribution in [0.5, 0.6) is 11.5 Å². The smallest absolute Gasteiger partial charge is 0.260 e. The predicted molar refractivity (Wildman–Crippen MR) is 127 cm³/mol. The highest BCUT2D eigenvalue weighted by atomic mass is 32.2. The minimum Gasteiger partial charge on any atom is -0.497 e. The van der Waals surface area contributed by atoms with E-state index < -0.39 is 22.5 Å². The van der Waals surface area contributed by atoms with E-state index in [1.165, 1.54) is 20.3 Å². The van der Waals surface area contributed by atoms with Crippen molar-refractivity contribution in [2.45, 2.75) is 32.6 Å².